The Morgan fingerprint density at radius 3 is 2.49 bits per heavy atom. The molecule has 0 aliphatic heterocycles. The van der Waals surface area contributed by atoms with Gasteiger partial charge in [-0.3, -0.25) is 14.9 Å². The molecule has 0 aliphatic rings. The highest BCUT2D eigenvalue weighted by Gasteiger charge is 2.26. The monoisotopic (exact) mass is 576 g/mol. The SMILES string of the molecule is COC(=O)C(CSCc1cc(SC)c(SCCCC(=O)NCCN)cc1[N+](=O)[O-])NC(=O)OC(C)(C)C. The van der Waals surface area contributed by atoms with Crippen LogP contribution in [-0.2, 0) is 24.8 Å². The maximum absolute atomic E-state index is 12.1. The van der Waals surface area contributed by atoms with Crippen LogP contribution in [0.5, 0.6) is 0 Å². The molecule has 0 heterocycles. The zero-order chi connectivity index (χ0) is 28.0. The number of nitrogens with one attached hydrogen (secondary N) is 2. The predicted octanol–water partition coefficient (Wildman–Crippen LogP) is 3.56. The summed E-state index contributed by atoms with van der Waals surface area (Å²) in [7, 11) is 1.22. The van der Waals surface area contributed by atoms with Crippen molar-refractivity contribution in [3.05, 3.63) is 27.8 Å². The number of methoxy groups -OCH3 is 1. The van der Waals surface area contributed by atoms with Crippen LogP contribution >= 0.6 is 35.3 Å². The Morgan fingerprint density at radius 1 is 1.22 bits per heavy atom. The van der Waals surface area contributed by atoms with Crippen molar-refractivity contribution in [1.82, 2.24) is 10.6 Å². The maximum atomic E-state index is 12.1. The number of alkyl carbamates (subject to hydrolysis) is 1. The molecule has 0 saturated heterocycles. The second-order valence-corrected chi connectivity index (χ2v) is 11.7. The summed E-state index contributed by atoms with van der Waals surface area (Å²) in [5, 5.41) is 17.0. The van der Waals surface area contributed by atoms with E-state index in [1.54, 1.807) is 32.9 Å². The van der Waals surface area contributed by atoms with Gasteiger partial charge in [-0.2, -0.15) is 11.8 Å². The molecule has 4 N–H and O–H groups in total. The number of rotatable bonds is 15. The molecule has 208 valence electrons. The number of ether oxygens (including phenoxy) is 2. The van der Waals surface area contributed by atoms with Gasteiger partial charge in [-0.05, 0) is 45.3 Å². The van der Waals surface area contributed by atoms with Gasteiger partial charge in [0.1, 0.15) is 11.6 Å². The van der Waals surface area contributed by atoms with Crippen molar-refractivity contribution < 1.29 is 28.8 Å². The minimum absolute atomic E-state index is 0.0248. The summed E-state index contributed by atoms with van der Waals surface area (Å²) in [6, 6.07) is 2.36. The van der Waals surface area contributed by atoms with E-state index in [0.717, 1.165) is 9.79 Å². The highest BCUT2D eigenvalue weighted by atomic mass is 32.2. The standard InChI is InChI=1S/C23H36N4O7S3/c1-23(2,3)34-22(30)26-16(21(29)33-4)14-36-13-15-11-18(35-5)19(12-17(15)27(31)32)37-10-6-7-20(28)25-9-8-24/h11-12,16H,6-10,13-14,24H2,1-5H3,(H,25,28)(H,26,30). The summed E-state index contributed by atoms with van der Waals surface area (Å²) in [6.07, 6.45) is 2.12. The number of nitro benzene ring substituents is 1. The van der Waals surface area contributed by atoms with Gasteiger partial charge in [0, 0.05) is 52.4 Å². The number of thioether (sulfide) groups is 3. The van der Waals surface area contributed by atoms with Crippen molar-refractivity contribution in [2.24, 2.45) is 5.73 Å². The number of carbonyl (C=O) groups is 3. The zero-order valence-corrected chi connectivity index (χ0v) is 24.2. The lowest BCUT2D eigenvalue weighted by atomic mass is 10.2. The first kappa shape index (κ1) is 32.9. The number of esters is 1. The molecule has 0 fully saturated rings. The molecule has 0 spiro atoms. The van der Waals surface area contributed by atoms with Gasteiger partial charge in [0.2, 0.25) is 5.91 Å². The number of carbonyl (C=O) groups excluding carboxylic acids is 3. The Hall–Kier alpha value is -2.16. The van der Waals surface area contributed by atoms with E-state index in [2.05, 4.69) is 10.6 Å². The first-order valence-electron chi connectivity index (χ1n) is 11.5. The summed E-state index contributed by atoms with van der Waals surface area (Å²) in [5.74, 6) is 0.313. The summed E-state index contributed by atoms with van der Waals surface area (Å²) in [4.78, 5) is 49.0. The van der Waals surface area contributed by atoms with Gasteiger partial charge < -0.3 is 25.8 Å². The van der Waals surface area contributed by atoms with E-state index >= 15 is 0 Å². The lowest BCUT2D eigenvalue weighted by Crippen LogP contribution is -2.45. The van der Waals surface area contributed by atoms with Crippen LogP contribution in [0.15, 0.2) is 21.9 Å². The van der Waals surface area contributed by atoms with Gasteiger partial charge in [0.05, 0.1) is 12.0 Å². The number of hydrogen-bond acceptors (Lipinski definition) is 11. The lowest BCUT2D eigenvalue weighted by molar-refractivity contribution is -0.385. The molecule has 1 atom stereocenters. The Labute approximate surface area is 230 Å². The molecule has 0 aliphatic carbocycles. The lowest BCUT2D eigenvalue weighted by Gasteiger charge is -2.22. The van der Waals surface area contributed by atoms with Crippen LogP contribution in [0.4, 0.5) is 10.5 Å². The van der Waals surface area contributed by atoms with E-state index in [1.165, 1.54) is 42.4 Å². The second-order valence-electron chi connectivity index (χ2n) is 8.72. The molecule has 1 aromatic carbocycles. The van der Waals surface area contributed by atoms with Gasteiger partial charge >= 0.3 is 12.1 Å². The Bertz CT molecular complexity index is 942. The van der Waals surface area contributed by atoms with E-state index in [4.69, 9.17) is 15.2 Å². The fourth-order valence-corrected chi connectivity index (χ4v) is 5.79. The molecule has 1 unspecified atom stereocenters. The van der Waals surface area contributed by atoms with Crippen LogP contribution in [0.3, 0.4) is 0 Å². The van der Waals surface area contributed by atoms with E-state index in [1.807, 2.05) is 6.26 Å². The molecule has 0 bridgehead atoms. The van der Waals surface area contributed by atoms with Gasteiger partial charge in [-0.25, -0.2) is 9.59 Å². The third-order valence-electron chi connectivity index (χ3n) is 4.55. The van der Waals surface area contributed by atoms with Crippen molar-refractivity contribution in [2.75, 3.05) is 38.0 Å². The van der Waals surface area contributed by atoms with Crippen LogP contribution in [0.25, 0.3) is 0 Å². The third kappa shape index (κ3) is 12.8. The maximum Gasteiger partial charge on any atom is 0.408 e. The summed E-state index contributed by atoms with van der Waals surface area (Å²) in [5.41, 5.74) is 5.12. The van der Waals surface area contributed by atoms with Gasteiger partial charge in [0.15, 0.2) is 0 Å². The zero-order valence-electron chi connectivity index (χ0n) is 21.8. The van der Waals surface area contributed by atoms with Gasteiger partial charge in [-0.1, -0.05) is 0 Å². The van der Waals surface area contributed by atoms with E-state index in [-0.39, 0.29) is 23.1 Å². The Kier molecular flexibility index (Phi) is 14.8. The number of benzene rings is 1. The Balaban J connectivity index is 2.86. The van der Waals surface area contributed by atoms with Gasteiger partial charge in [0.25, 0.3) is 5.69 Å². The smallest absolute Gasteiger partial charge is 0.408 e. The fourth-order valence-electron chi connectivity index (χ4n) is 2.91. The summed E-state index contributed by atoms with van der Waals surface area (Å²) in [6.45, 7) is 5.94. The average Bonchev–Trinajstić information content (AvgIpc) is 2.82. The molecule has 0 radical (unpaired) electrons. The number of nitro groups is 1. The molecule has 0 aromatic heterocycles. The normalized spacial score (nSPS) is 11.9. The van der Waals surface area contributed by atoms with Crippen LogP contribution in [0, 0.1) is 10.1 Å². The largest absolute Gasteiger partial charge is 0.467 e. The van der Waals surface area contributed by atoms with Crippen LogP contribution in [-0.4, -0.2) is 72.5 Å². The molecular weight excluding hydrogens is 540 g/mol. The predicted molar refractivity (Wildman–Crippen MR) is 148 cm³/mol. The topological polar surface area (TPSA) is 163 Å². The molecule has 14 heteroatoms. The summed E-state index contributed by atoms with van der Waals surface area (Å²) < 4.78 is 9.98. The fraction of sp³-hybridized carbons (Fsp3) is 0.609. The van der Waals surface area contributed by atoms with E-state index < -0.39 is 28.6 Å². The number of hydrogen-bond donors (Lipinski definition) is 3. The molecular formula is C23H36N4O7S3. The van der Waals surface area contributed by atoms with Crippen LogP contribution in [0.1, 0.15) is 39.2 Å². The number of nitrogens with two attached hydrogens (primary N) is 1. The quantitative estimate of drug-likeness (QED) is 0.0919. The van der Waals surface area contributed by atoms with Crippen molar-refractivity contribution in [1.29, 1.82) is 0 Å². The minimum atomic E-state index is -0.971. The molecule has 37 heavy (non-hydrogen) atoms. The minimum Gasteiger partial charge on any atom is -0.467 e. The van der Waals surface area contributed by atoms with Gasteiger partial charge in [-0.15, -0.1) is 23.5 Å². The highest BCUT2D eigenvalue weighted by molar-refractivity contribution is 8.02. The first-order valence-corrected chi connectivity index (χ1v) is 14.9. The van der Waals surface area contributed by atoms with Crippen molar-refractivity contribution in [3.8, 4) is 0 Å². The van der Waals surface area contributed by atoms with Crippen molar-refractivity contribution in [2.45, 2.75) is 60.8 Å². The van der Waals surface area contributed by atoms with E-state index in [0.29, 0.717) is 37.2 Å². The van der Waals surface area contributed by atoms with Crippen LogP contribution in [0.2, 0.25) is 0 Å². The number of amides is 2. The molecule has 11 nitrogen and oxygen atoms in total. The number of nitrogens with zero attached hydrogens (tertiary/aromatic N) is 1. The van der Waals surface area contributed by atoms with Crippen LogP contribution < -0.4 is 16.4 Å². The molecule has 0 saturated carbocycles. The average molecular weight is 577 g/mol. The Morgan fingerprint density at radius 2 is 1.92 bits per heavy atom. The molecule has 1 rings (SSSR count). The third-order valence-corrected chi connectivity index (χ3v) is 7.69. The van der Waals surface area contributed by atoms with Crippen molar-refractivity contribution in [3.63, 3.8) is 0 Å². The highest BCUT2D eigenvalue weighted by Crippen LogP contribution is 2.37. The van der Waals surface area contributed by atoms with E-state index in [9.17, 15) is 24.5 Å². The summed E-state index contributed by atoms with van der Waals surface area (Å²) >= 11 is 4.20. The first-order chi connectivity index (χ1) is 17.4. The second kappa shape index (κ2) is 16.6. The van der Waals surface area contributed by atoms with Crippen molar-refractivity contribution >= 4 is 58.9 Å². The molecule has 1 aromatic rings. The molecule has 2 amide bonds.